The minimum atomic E-state index is -0.985. The summed E-state index contributed by atoms with van der Waals surface area (Å²) >= 11 is 0. The first-order valence-electron chi connectivity index (χ1n) is 11.5. The molecule has 0 unspecified atom stereocenters. The largest absolute Gasteiger partial charge is 0.340 e. The predicted octanol–water partition coefficient (Wildman–Crippen LogP) is 3.83. The molecule has 3 rings (SSSR count). The fraction of sp³-hybridized carbons (Fsp3) is 0.423. The van der Waals surface area contributed by atoms with Crippen LogP contribution < -0.4 is 5.32 Å². The van der Waals surface area contributed by atoms with E-state index in [1.54, 1.807) is 23.6 Å². The molecule has 0 aromatic heterocycles. The number of nitrogens with one attached hydrogen (secondary N) is 1. The second-order valence-corrected chi connectivity index (χ2v) is 9.19. The highest BCUT2D eigenvalue weighted by Crippen LogP contribution is 2.18. The maximum absolute atomic E-state index is 14.0. The van der Waals surface area contributed by atoms with Crippen molar-refractivity contribution >= 4 is 17.7 Å². The first-order chi connectivity index (χ1) is 16.1. The molecule has 8 heteroatoms. The molecule has 1 N–H and O–H groups in total. The van der Waals surface area contributed by atoms with Gasteiger partial charge in [-0.2, -0.15) is 0 Å². The molecule has 1 aliphatic rings. The van der Waals surface area contributed by atoms with Crippen LogP contribution in [0, 0.1) is 17.6 Å². The number of rotatable bonds is 6. The number of hydrogen-bond acceptors (Lipinski definition) is 3. The number of hydrogen-bond donors (Lipinski definition) is 1. The van der Waals surface area contributed by atoms with E-state index < -0.39 is 29.1 Å². The normalized spacial score (nSPS) is 14.9. The van der Waals surface area contributed by atoms with Crippen molar-refractivity contribution in [1.29, 1.82) is 0 Å². The van der Waals surface area contributed by atoms with Crippen molar-refractivity contribution in [3.05, 3.63) is 70.8 Å². The van der Waals surface area contributed by atoms with Crippen LogP contribution in [0.3, 0.4) is 0 Å². The molecule has 0 saturated carbocycles. The molecule has 6 nitrogen and oxygen atoms in total. The van der Waals surface area contributed by atoms with Crippen LogP contribution in [0.5, 0.6) is 0 Å². The van der Waals surface area contributed by atoms with Crippen molar-refractivity contribution in [2.75, 3.05) is 26.2 Å². The zero-order valence-electron chi connectivity index (χ0n) is 20.0. The van der Waals surface area contributed by atoms with Gasteiger partial charge in [-0.1, -0.05) is 45.9 Å². The van der Waals surface area contributed by atoms with Gasteiger partial charge in [-0.05, 0) is 41.7 Å². The second-order valence-electron chi connectivity index (χ2n) is 9.19. The van der Waals surface area contributed by atoms with Crippen molar-refractivity contribution in [1.82, 2.24) is 15.1 Å². The number of nitrogens with zero attached hydrogens (tertiary/aromatic N) is 2. The Morgan fingerprint density at radius 1 is 0.824 bits per heavy atom. The van der Waals surface area contributed by atoms with Crippen molar-refractivity contribution in [3.63, 3.8) is 0 Å². The molecule has 1 aliphatic heterocycles. The van der Waals surface area contributed by atoms with Crippen LogP contribution in [-0.4, -0.2) is 59.7 Å². The predicted molar refractivity (Wildman–Crippen MR) is 125 cm³/mol. The maximum atomic E-state index is 14.0. The van der Waals surface area contributed by atoms with Crippen LogP contribution in [0.15, 0.2) is 42.5 Å². The van der Waals surface area contributed by atoms with Crippen molar-refractivity contribution < 1.29 is 23.2 Å². The van der Waals surface area contributed by atoms with Gasteiger partial charge in [0, 0.05) is 31.7 Å². The van der Waals surface area contributed by atoms with E-state index in [4.69, 9.17) is 0 Å². The minimum Gasteiger partial charge on any atom is -0.340 e. The molecule has 3 amide bonds. The molecular formula is C26H31F2N3O3. The molecular weight excluding hydrogens is 440 g/mol. The van der Waals surface area contributed by atoms with Crippen LogP contribution in [0.1, 0.15) is 59.9 Å². The highest BCUT2D eigenvalue weighted by atomic mass is 19.1. The van der Waals surface area contributed by atoms with Gasteiger partial charge in [-0.3, -0.25) is 14.4 Å². The zero-order valence-corrected chi connectivity index (χ0v) is 20.0. The molecule has 2 aromatic carbocycles. The Morgan fingerprint density at radius 2 is 1.35 bits per heavy atom. The Hall–Kier alpha value is -3.29. The zero-order chi connectivity index (χ0) is 25.0. The molecule has 1 atom stereocenters. The van der Waals surface area contributed by atoms with Crippen LogP contribution in [-0.2, 0) is 4.79 Å². The summed E-state index contributed by atoms with van der Waals surface area (Å²) in [6.45, 7) is 9.01. The Kier molecular flexibility index (Phi) is 8.02. The third-order valence-corrected chi connectivity index (χ3v) is 6.11. The summed E-state index contributed by atoms with van der Waals surface area (Å²) in [5.74, 6) is -3.30. The molecule has 1 saturated heterocycles. The summed E-state index contributed by atoms with van der Waals surface area (Å²) < 4.78 is 28.0. The average molecular weight is 472 g/mol. The number of amides is 3. The van der Waals surface area contributed by atoms with Crippen molar-refractivity contribution in [3.8, 4) is 0 Å². The van der Waals surface area contributed by atoms with Crippen LogP contribution in [0.2, 0.25) is 0 Å². The molecule has 0 radical (unpaired) electrons. The Morgan fingerprint density at radius 3 is 1.85 bits per heavy atom. The summed E-state index contributed by atoms with van der Waals surface area (Å²) in [6.07, 6.45) is 0. The van der Waals surface area contributed by atoms with Gasteiger partial charge in [0.25, 0.3) is 11.8 Å². The summed E-state index contributed by atoms with van der Waals surface area (Å²) in [5.41, 5.74) is 1.05. The quantitative estimate of drug-likeness (QED) is 0.696. The Labute approximate surface area is 198 Å². The third kappa shape index (κ3) is 5.61. The van der Waals surface area contributed by atoms with Crippen molar-refractivity contribution in [2.45, 2.75) is 39.7 Å². The number of benzene rings is 2. The Balaban J connectivity index is 1.63. The monoisotopic (exact) mass is 471 g/mol. The topological polar surface area (TPSA) is 69.7 Å². The molecule has 0 bridgehead atoms. The van der Waals surface area contributed by atoms with Gasteiger partial charge in [-0.25, -0.2) is 8.78 Å². The molecule has 0 aliphatic carbocycles. The summed E-state index contributed by atoms with van der Waals surface area (Å²) in [6, 6.07) is 9.76. The van der Waals surface area contributed by atoms with Crippen LogP contribution in [0.4, 0.5) is 8.78 Å². The standard InChI is InChI=1S/C26H31F2N3O3/c1-16(2)18-8-10-19(11-9-18)25(33)30-12-14-31(15-13-30)26(34)23(17(3)4)29-24(32)22-20(27)6-5-7-21(22)28/h5-11,16-17,23H,12-15H2,1-4H3,(H,29,32)/t23-/m0/s1. The van der Waals surface area contributed by atoms with Gasteiger partial charge in [0.1, 0.15) is 23.2 Å². The number of piperazine rings is 1. The van der Waals surface area contributed by atoms with Gasteiger partial charge in [0.05, 0.1) is 0 Å². The van der Waals surface area contributed by atoms with E-state index in [1.807, 2.05) is 24.3 Å². The second kappa shape index (κ2) is 10.8. The van der Waals surface area contributed by atoms with Crippen LogP contribution >= 0.6 is 0 Å². The lowest BCUT2D eigenvalue weighted by Crippen LogP contribution is -2.57. The maximum Gasteiger partial charge on any atom is 0.257 e. The smallest absolute Gasteiger partial charge is 0.257 e. The third-order valence-electron chi connectivity index (χ3n) is 6.11. The molecule has 1 heterocycles. The van der Waals surface area contributed by atoms with E-state index in [0.717, 1.165) is 17.7 Å². The first kappa shape index (κ1) is 25.3. The number of carbonyl (C=O) groups is 3. The lowest BCUT2D eigenvalue weighted by atomic mass is 10.0. The summed E-state index contributed by atoms with van der Waals surface area (Å²) in [7, 11) is 0. The lowest BCUT2D eigenvalue weighted by Gasteiger charge is -2.37. The fourth-order valence-electron chi connectivity index (χ4n) is 3.96. The molecule has 0 spiro atoms. The molecule has 2 aromatic rings. The fourth-order valence-corrected chi connectivity index (χ4v) is 3.96. The lowest BCUT2D eigenvalue weighted by molar-refractivity contribution is -0.135. The number of carbonyl (C=O) groups excluding carboxylic acids is 3. The van der Waals surface area contributed by atoms with E-state index in [9.17, 15) is 23.2 Å². The summed E-state index contributed by atoms with van der Waals surface area (Å²) in [5, 5.41) is 2.49. The highest BCUT2D eigenvalue weighted by Gasteiger charge is 2.33. The van der Waals surface area contributed by atoms with E-state index in [1.165, 1.54) is 6.07 Å². The van der Waals surface area contributed by atoms with Crippen molar-refractivity contribution in [2.24, 2.45) is 5.92 Å². The van der Waals surface area contributed by atoms with Gasteiger partial charge in [0.15, 0.2) is 0 Å². The van der Waals surface area contributed by atoms with E-state index in [2.05, 4.69) is 19.2 Å². The molecule has 34 heavy (non-hydrogen) atoms. The van der Waals surface area contributed by atoms with Gasteiger partial charge in [-0.15, -0.1) is 0 Å². The molecule has 1 fully saturated rings. The van der Waals surface area contributed by atoms with Gasteiger partial charge >= 0.3 is 0 Å². The molecule has 182 valence electrons. The van der Waals surface area contributed by atoms with E-state index >= 15 is 0 Å². The SMILES string of the molecule is CC(C)c1ccc(C(=O)N2CCN(C(=O)[C@@H](NC(=O)c3c(F)cccc3F)C(C)C)CC2)cc1. The highest BCUT2D eigenvalue weighted by molar-refractivity contribution is 5.98. The minimum absolute atomic E-state index is 0.0915. The first-order valence-corrected chi connectivity index (χ1v) is 11.5. The van der Waals surface area contributed by atoms with Crippen LogP contribution in [0.25, 0.3) is 0 Å². The number of halogens is 2. The van der Waals surface area contributed by atoms with E-state index in [0.29, 0.717) is 37.7 Å². The average Bonchev–Trinajstić information content (AvgIpc) is 2.81. The van der Waals surface area contributed by atoms with Gasteiger partial charge < -0.3 is 15.1 Å². The van der Waals surface area contributed by atoms with E-state index in [-0.39, 0.29) is 17.7 Å². The van der Waals surface area contributed by atoms with Gasteiger partial charge in [0.2, 0.25) is 5.91 Å². The summed E-state index contributed by atoms with van der Waals surface area (Å²) in [4.78, 5) is 41.8. The Bertz CT molecular complexity index is 1030.